The second-order valence-electron chi connectivity index (χ2n) is 4.38. The molecule has 6 heteroatoms. The first kappa shape index (κ1) is 15.3. The molecule has 0 unspecified atom stereocenters. The van der Waals surface area contributed by atoms with Crippen LogP contribution in [-0.2, 0) is 0 Å². The van der Waals surface area contributed by atoms with Gasteiger partial charge in [0.05, 0.1) is 17.1 Å². The van der Waals surface area contributed by atoms with Crippen LogP contribution in [0.2, 0.25) is 5.02 Å². The molecule has 0 aliphatic heterocycles. The molecule has 1 heterocycles. The number of benzene rings is 1. The van der Waals surface area contributed by atoms with Crippen molar-refractivity contribution in [3.63, 3.8) is 0 Å². The Morgan fingerprint density at radius 2 is 2.10 bits per heavy atom. The number of ether oxygens (including phenoxy) is 1. The normalized spacial score (nSPS) is 10.2. The number of amides is 1. The van der Waals surface area contributed by atoms with Crippen LogP contribution in [0, 0.1) is 5.95 Å². The maximum atomic E-state index is 12.7. The summed E-state index contributed by atoms with van der Waals surface area (Å²) in [4.78, 5) is 17.0. The van der Waals surface area contributed by atoms with Gasteiger partial charge in [0.15, 0.2) is 0 Å². The molecular weight excluding hydrogens is 295 g/mol. The van der Waals surface area contributed by atoms with E-state index in [1.807, 2.05) is 12.1 Å². The molecule has 1 aromatic carbocycles. The van der Waals surface area contributed by atoms with Gasteiger partial charge in [-0.3, -0.25) is 4.79 Å². The Morgan fingerprint density at radius 3 is 2.76 bits per heavy atom. The van der Waals surface area contributed by atoms with Crippen LogP contribution in [0.15, 0.2) is 42.6 Å². The number of carbonyl (C=O) groups excluding carboxylic acids is 1. The molecule has 0 atom stereocenters. The molecule has 0 aliphatic rings. The van der Waals surface area contributed by atoms with Gasteiger partial charge in [0.25, 0.3) is 5.91 Å². The number of halogens is 2. The van der Waals surface area contributed by atoms with Crippen molar-refractivity contribution in [2.75, 3.05) is 20.2 Å². The van der Waals surface area contributed by atoms with E-state index in [4.69, 9.17) is 16.3 Å². The van der Waals surface area contributed by atoms with Gasteiger partial charge in [0, 0.05) is 13.2 Å². The van der Waals surface area contributed by atoms with Crippen LogP contribution >= 0.6 is 11.6 Å². The van der Waals surface area contributed by atoms with Crippen molar-refractivity contribution in [2.45, 2.75) is 0 Å². The monoisotopic (exact) mass is 308 g/mol. The first-order valence-electron chi connectivity index (χ1n) is 6.32. The van der Waals surface area contributed by atoms with Crippen LogP contribution in [0.3, 0.4) is 0 Å². The van der Waals surface area contributed by atoms with Crippen molar-refractivity contribution in [3.05, 3.63) is 59.1 Å². The number of hydrogen-bond acceptors (Lipinski definition) is 3. The van der Waals surface area contributed by atoms with E-state index in [1.165, 1.54) is 17.2 Å². The second kappa shape index (κ2) is 7.04. The first-order valence-corrected chi connectivity index (χ1v) is 6.70. The van der Waals surface area contributed by atoms with Crippen LogP contribution < -0.4 is 4.74 Å². The second-order valence-corrected chi connectivity index (χ2v) is 4.78. The highest BCUT2D eigenvalue weighted by molar-refractivity contribution is 6.32. The van der Waals surface area contributed by atoms with Crippen LogP contribution in [0.25, 0.3) is 0 Å². The Kier molecular flexibility index (Phi) is 5.11. The number of nitrogens with zero attached hydrogens (tertiary/aromatic N) is 2. The third-order valence-corrected chi connectivity index (χ3v) is 3.15. The van der Waals surface area contributed by atoms with Crippen molar-refractivity contribution < 1.29 is 13.9 Å². The highest BCUT2D eigenvalue weighted by Gasteiger charge is 2.12. The molecule has 0 aliphatic carbocycles. The van der Waals surface area contributed by atoms with Crippen molar-refractivity contribution in [1.29, 1.82) is 0 Å². The first-order chi connectivity index (χ1) is 10.1. The fourth-order valence-corrected chi connectivity index (χ4v) is 1.87. The maximum absolute atomic E-state index is 12.7. The molecule has 4 nitrogen and oxygen atoms in total. The minimum absolute atomic E-state index is 0.245. The summed E-state index contributed by atoms with van der Waals surface area (Å²) in [6.45, 7) is 0.683. The molecule has 2 rings (SSSR count). The molecule has 21 heavy (non-hydrogen) atoms. The molecule has 0 spiro atoms. The number of likely N-dealkylation sites (N-methyl/N-ethyl adjacent to an activating group) is 1. The minimum Gasteiger partial charge on any atom is -0.490 e. The summed E-state index contributed by atoms with van der Waals surface area (Å²) >= 11 is 5.96. The highest BCUT2D eigenvalue weighted by Crippen LogP contribution is 2.22. The fraction of sp³-hybridized carbons (Fsp3) is 0.200. The number of rotatable bonds is 5. The Hall–Kier alpha value is -2.14. The van der Waals surface area contributed by atoms with Gasteiger partial charge in [-0.2, -0.15) is 4.39 Å². The van der Waals surface area contributed by atoms with E-state index in [2.05, 4.69) is 4.98 Å². The lowest BCUT2D eigenvalue weighted by Gasteiger charge is -2.17. The lowest BCUT2D eigenvalue weighted by molar-refractivity contribution is 0.0773. The van der Waals surface area contributed by atoms with Crippen LogP contribution in [-0.4, -0.2) is 36.0 Å². The Bertz CT molecular complexity index is 619. The number of aromatic nitrogens is 1. The molecule has 110 valence electrons. The molecule has 0 saturated heterocycles. The SMILES string of the molecule is CN(CCOc1ccccc1Cl)C(=O)c1ccc(F)nc1. The van der Waals surface area contributed by atoms with E-state index in [-0.39, 0.29) is 5.91 Å². The summed E-state index contributed by atoms with van der Waals surface area (Å²) in [5.41, 5.74) is 0.330. The Morgan fingerprint density at radius 1 is 1.33 bits per heavy atom. The van der Waals surface area contributed by atoms with Gasteiger partial charge in [-0.1, -0.05) is 23.7 Å². The third-order valence-electron chi connectivity index (χ3n) is 2.84. The molecular formula is C15H14ClFN2O2. The van der Waals surface area contributed by atoms with Gasteiger partial charge in [-0.25, -0.2) is 4.98 Å². The molecule has 0 bridgehead atoms. The van der Waals surface area contributed by atoms with E-state index in [1.54, 1.807) is 19.2 Å². The Balaban J connectivity index is 1.87. The topological polar surface area (TPSA) is 42.4 Å². The summed E-state index contributed by atoms with van der Waals surface area (Å²) in [7, 11) is 1.64. The zero-order valence-corrected chi connectivity index (χ0v) is 12.2. The standard InChI is InChI=1S/C15H14ClFN2O2/c1-19(15(20)11-6-7-14(17)18-10-11)8-9-21-13-5-3-2-4-12(13)16/h2-7,10H,8-9H2,1H3. The largest absolute Gasteiger partial charge is 0.490 e. The zero-order chi connectivity index (χ0) is 15.2. The van der Waals surface area contributed by atoms with Gasteiger partial charge in [0.2, 0.25) is 5.95 Å². The molecule has 1 amide bonds. The van der Waals surface area contributed by atoms with E-state index in [9.17, 15) is 9.18 Å². The zero-order valence-electron chi connectivity index (χ0n) is 11.4. The summed E-state index contributed by atoms with van der Waals surface area (Å²) < 4.78 is 18.2. The molecule has 0 fully saturated rings. The summed E-state index contributed by atoms with van der Waals surface area (Å²) in [6, 6.07) is 9.67. The lowest BCUT2D eigenvalue weighted by atomic mass is 10.2. The number of carbonyl (C=O) groups is 1. The lowest BCUT2D eigenvalue weighted by Crippen LogP contribution is -2.31. The Labute approximate surface area is 127 Å². The van der Waals surface area contributed by atoms with Gasteiger partial charge in [0.1, 0.15) is 12.4 Å². The summed E-state index contributed by atoms with van der Waals surface area (Å²) in [5, 5.41) is 0.522. The van der Waals surface area contributed by atoms with Gasteiger partial charge >= 0.3 is 0 Å². The van der Waals surface area contributed by atoms with Crippen molar-refractivity contribution in [2.24, 2.45) is 0 Å². The van der Waals surface area contributed by atoms with E-state index in [0.717, 1.165) is 6.07 Å². The van der Waals surface area contributed by atoms with Gasteiger partial charge in [-0.15, -0.1) is 0 Å². The number of pyridine rings is 1. The molecule has 0 radical (unpaired) electrons. The van der Waals surface area contributed by atoms with Crippen LogP contribution in [0.4, 0.5) is 4.39 Å². The van der Waals surface area contributed by atoms with E-state index >= 15 is 0 Å². The minimum atomic E-state index is -0.615. The third kappa shape index (κ3) is 4.16. The van der Waals surface area contributed by atoms with Gasteiger partial charge < -0.3 is 9.64 Å². The quantitative estimate of drug-likeness (QED) is 0.797. The molecule has 1 aromatic heterocycles. The summed E-state index contributed by atoms with van der Waals surface area (Å²) in [5.74, 6) is -0.287. The van der Waals surface area contributed by atoms with Crippen LogP contribution in [0.1, 0.15) is 10.4 Å². The maximum Gasteiger partial charge on any atom is 0.255 e. The average Bonchev–Trinajstić information content (AvgIpc) is 2.49. The van der Waals surface area contributed by atoms with Crippen molar-refractivity contribution >= 4 is 17.5 Å². The number of para-hydroxylation sites is 1. The summed E-state index contributed by atoms with van der Waals surface area (Å²) in [6.07, 6.45) is 1.21. The number of hydrogen-bond donors (Lipinski definition) is 0. The van der Waals surface area contributed by atoms with Crippen LogP contribution in [0.5, 0.6) is 5.75 Å². The van der Waals surface area contributed by atoms with E-state index < -0.39 is 5.95 Å². The van der Waals surface area contributed by atoms with Crippen molar-refractivity contribution in [3.8, 4) is 5.75 Å². The fourth-order valence-electron chi connectivity index (χ4n) is 1.68. The molecule has 0 saturated carbocycles. The average molecular weight is 309 g/mol. The van der Waals surface area contributed by atoms with Crippen molar-refractivity contribution in [1.82, 2.24) is 9.88 Å². The van der Waals surface area contributed by atoms with E-state index in [0.29, 0.717) is 29.5 Å². The predicted molar refractivity (Wildman–Crippen MR) is 78.1 cm³/mol. The highest BCUT2D eigenvalue weighted by atomic mass is 35.5. The van der Waals surface area contributed by atoms with Gasteiger partial charge in [-0.05, 0) is 24.3 Å². The molecule has 0 N–H and O–H groups in total. The predicted octanol–water partition coefficient (Wildman–Crippen LogP) is 3.03. The smallest absolute Gasteiger partial charge is 0.255 e. The molecule has 2 aromatic rings.